The van der Waals surface area contributed by atoms with Gasteiger partial charge in [-0.1, -0.05) is 60.7 Å². The topological polar surface area (TPSA) is 98.8 Å². The zero-order valence-corrected chi connectivity index (χ0v) is 20.9. The minimum absolute atomic E-state index is 0.0944. The Labute approximate surface area is 215 Å². The maximum Gasteiger partial charge on any atom is 0.326 e. The molecule has 2 unspecified atom stereocenters. The minimum atomic E-state index is -1.46. The number of urea groups is 1. The van der Waals surface area contributed by atoms with Gasteiger partial charge in [0, 0.05) is 12.5 Å². The van der Waals surface area contributed by atoms with Gasteiger partial charge in [-0.3, -0.25) is 19.3 Å². The highest BCUT2D eigenvalue weighted by molar-refractivity contribution is 6.13. The summed E-state index contributed by atoms with van der Waals surface area (Å²) in [5.41, 5.74) is 2.85. The Hall–Kier alpha value is -4.46. The van der Waals surface area contributed by atoms with Crippen LogP contribution in [-0.4, -0.2) is 41.2 Å². The fourth-order valence-corrected chi connectivity index (χ4v) is 5.12. The number of hydrogen-bond donors (Lipinski definition) is 2. The van der Waals surface area contributed by atoms with E-state index in [1.54, 1.807) is 43.3 Å². The molecule has 2 aliphatic heterocycles. The van der Waals surface area contributed by atoms with Gasteiger partial charge >= 0.3 is 6.03 Å². The molecular formula is C29H28N4O4. The molecule has 2 heterocycles. The van der Waals surface area contributed by atoms with E-state index in [0.717, 1.165) is 16.0 Å². The van der Waals surface area contributed by atoms with E-state index in [-0.39, 0.29) is 12.3 Å². The van der Waals surface area contributed by atoms with E-state index in [4.69, 9.17) is 0 Å². The van der Waals surface area contributed by atoms with Gasteiger partial charge in [-0.15, -0.1) is 0 Å². The zero-order chi connectivity index (χ0) is 26.3. The van der Waals surface area contributed by atoms with Crippen LogP contribution in [0.2, 0.25) is 0 Å². The monoisotopic (exact) mass is 496 g/mol. The smallest absolute Gasteiger partial charge is 0.324 e. The van der Waals surface area contributed by atoms with Crippen LogP contribution in [0.1, 0.15) is 35.6 Å². The predicted octanol–water partition coefficient (Wildman–Crippen LogP) is 3.86. The number of anilines is 2. The number of carbonyl (C=O) groups excluding carboxylic acids is 4. The van der Waals surface area contributed by atoms with Crippen molar-refractivity contribution in [3.63, 3.8) is 0 Å². The SMILES string of the molecule is Cc1ccc(C2(c3ccccc3)NC(=O)N(CC(=O)N3c4ccccc4NC(=O)CC3C)C2=O)cc1C. The van der Waals surface area contributed by atoms with Crippen molar-refractivity contribution in [1.82, 2.24) is 10.2 Å². The van der Waals surface area contributed by atoms with Crippen molar-refractivity contribution in [3.8, 4) is 0 Å². The van der Waals surface area contributed by atoms with Crippen LogP contribution in [0.4, 0.5) is 16.2 Å². The third kappa shape index (κ3) is 4.04. The quantitative estimate of drug-likeness (QED) is 0.536. The molecule has 5 rings (SSSR count). The van der Waals surface area contributed by atoms with Gasteiger partial charge in [-0.05, 0) is 55.2 Å². The molecule has 2 atom stereocenters. The molecule has 8 heteroatoms. The predicted molar refractivity (Wildman–Crippen MR) is 140 cm³/mol. The van der Waals surface area contributed by atoms with Crippen molar-refractivity contribution in [2.75, 3.05) is 16.8 Å². The van der Waals surface area contributed by atoms with Crippen LogP contribution in [0.15, 0.2) is 72.8 Å². The number of aryl methyl sites for hydroxylation is 2. The van der Waals surface area contributed by atoms with E-state index in [1.807, 2.05) is 50.2 Å². The van der Waals surface area contributed by atoms with Gasteiger partial charge in [-0.25, -0.2) is 4.79 Å². The Kier molecular flexibility index (Phi) is 6.03. The Bertz CT molecular complexity index is 1420. The summed E-state index contributed by atoms with van der Waals surface area (Å²) < 4.78 is 0. The highest BCUT2D eigenvalue weighted by atomic mass is 16.2. The van der Waals surface area contributed by atoms with Crippen LogP contribution in [0.3, 0.4) is 0 Å². The fraction of sp³-hybridized carbons (Fsp3) is 0.241. The van der Waals surface area contributed by atoms with E-state index < -0.39 is 36.0 Å². The van der Waals surface area contributed by atoms with E-state index in [2.05, 4.69) is 10.6 Å². The highest BCUT2D eigenvalue weighted by Crippen LogP contribution is 2.37. The van der Waals surface area contributed by atoms with Crippen molar-refractivity contribution in [1.29, 1.82) is 0 Å². The molecule has 0 aromatic heterocycles. The Morgan fingerprint density at radius 1 is 0.919 bits per heavy atom. The number of fused-ring (bicyclic) bond motifs is 1. The summed E-state index contributed by atoms with van der Waals surface area (Å²) >= 11 is 0. The number of para-hydroxylation sites is 2. The lowest BCUT2D eigenvalue weighted by atomic mass is 9.81. The largest absolute Gasteiger partial charge is 0.326 e. The molecule has 1 saturated heterocycles. The number of benzene rings is 3. The third-order valence-corrected chi connectivity index (χ3v) is 7.17. The van der Waals surface area contributed by atoms with Crippen LogP contribution < -0.4 is 15.5 Å². The Morgan fingerprint density at radius 2 is 1.62 bits per heavy atom. The van der Waals surface area contributed by atoms with Gasteiger partial charge in [0.25, 0.3) is 5.91 Å². The van der Waals surface area contributed by atoms with Crippen molar-refractivity contribution in [2.45, 2.75) is 38.8 Å². The third-order valence-electron chi connectivity index (χ3n) is 7.17. The van der Waals surface area contributed by atoms with Crippen LogP contribution >= 0.6 is 0 Å². The number of nitrogens with zero attached hydrogens (tertiary/aromatic N) is 2. The zero-order valence-electron chi connectivity index (χ0n) is 20.9. The van der Waals surface area contributed by atoms with Crippen molar-refractivity contribution in [2.24, 2.45) is 0 Å². The summed E-state index contributed by atoms with van der Waals surface area (Å²) in [7, 11) is 0. The molecule has 5 amide bonds. The number of imide groups is 1. The molecule has 2 N–H and O–H groups in total. The Morgan fingerprint density at radius 3 is 2.35 bits per heavy atom. The first-order chi connectivity index (χ1) is 17.7. The second-order valence-corrected chi connectivity index (χ2v) is 9.62. The van der Waals surface area contributed by atoms with Gasteiger partial charge in [0.1, 0.15) is 6.54 Å². The summed E-state index contributed by atoms with van der Waals surface area (Å²) in [6, 6.07) is 20.6. The molecule has 0 aliphatic carbocycles. The first-order valence-corrected chi connectivity index (χ1v) is 12.2. The Balaban J connectivity index is 1.53. The average molecular weight is 497 g/mol. The lowest BCUT2D eigenvalue weighted by molar-refractivity contribution is -0.133. The molecule has 2 aliphatic rings. The molecule has 3 aromatic carbocycles. The molecule has 0 bridgehead atoms. The number of amides is 5. The normalized spacial score (nSPS) is 21.3. The lowest BCUT2D eigenvalue weighted by Gasteiger charge is -2.30. The van der Waals surface area contributed by atoms with Crippen LogP contribution in [0.5, 0.6) is 0 Å². The standard InChI is InChI=1S/C29H28N4O4/c1-18-13-14-22(15-19(18)2)29(21-9-5-4-6-10-21)27(36)32(28(37)31-29)17-26(35)33-20(3)16-25(34)30-23-11-7-8-12-24(23)33/h4-15,20H,16-17H2,1-3H3,(H,30,34)(H,31,37). The molecule has 0 spiro atoms. The molecule has 0 radical (unpaired) electrons. The maximum atomic E-state index is 14.1. The van der Waals surface area contributed by atoms with E-state index in [9.17, 15) is 19.2 Å². The number of rotatable bonds is 4. The molecule has 8 nitrogen and oxygen atoms in total. The van der Waals surface area contributed by atoms with Crippen LogP contribution in [0, 0.1) is 13.8 Å². The number of carbonyl (C=O) groups is 4. The fourth-order valence-electron chi connectivity index (χ4n) is 5.12. The minimum Gasteiger partial charge on any atom is -0.324 e. The van der Waals surface area contributed by atoms with Crippen molar-refractivity contribution in [3.05, 3.63) is 95.1 Å². The molecule has 1 fully saturated rings. The average Bonchev–Trinajstić information content (AvgIpc) is 3.04. The van der Waals surface area contributed by atoms with E-state index in [1.165, 1.54) is 4.90 Å². The van der Waals surface area contributed by atoms with Crippen LogP contribution in [0.25, 0.3) is 0 Å². The van der Waals surface area contributed by atoms with Crippen molar-refractivity contribution >= 4 is 35.1 Å². The lowest BCUT2D eigenvalue weighted by Crippen LogP contribution is -2.48. The molecule has 3 aromatic rings. The summed E-state index contributed by atoms with van der Waals surface area (Å²) in [4.78, 5) is 55.9. The van der Waals surface area contributed by atoms with Gasteiger partial charge in [-0.2, -0.15) is 0 Å². The van der Waals surface area contributed by atoms with Crippen molar-refractivity contribution < 1.29 is 19.2 Å². The van der Waals surface area contributed by atoms with E-state index in [0.29, 0.717) is 22.5 Å². The highest BCUT2D eigenvalue weighted by Gasteiger charge is 2.54. The number of nitrogens with one attached hydrogen (secondary N) is 2. The van der Waals surface area contributed by atoms with Gasteiger partial charge in [0.2, 0.25) is 11.8 Å². The summed E-state index contributed by atoms with van der Waals surface area (Å²) in [5.74, 6) is -1.18. The second kappa shape index (κ2) is 9.20. The number of hydrogen-bond acceptors (Lipinski definition) is 4. The summed E-state index contributed by atoms with van der Waals surface area (Å²) in [6.45, 7) is 5.24. The first-order valence-electron chi connectivity index (χ1n) is 12.2. The molecule has 0 saturated carbocycles. The molecule has 37 heavy (non-hydrogen) atoms. The van der Waals surface area contributed by atoms with Gasteiger partial charge < -0.3 is 15.5 Å². The maximum absolute atomic E-state index is 14.1. The molecular weight excluding hydrogens is 468 g/mol. The molecule has 188 valence electrons. The summed E-state index contributed by atoms with van der Waals surface area (Å²) in [5, 5.41) is 5.73. The summed E-state index contributed by atoms with van der Waals surface area (Å²) in [6.07, 6.45) is 0.0944. The first kappa shape index (κ1) is 24.2. The van der Waals surface area contributed by atoms with Gasteiger partial charge in [0.15, 0.2) is 5.54 Å². The van der Waals surface area contributed by atoms with Crippen LogP contribution in [-0.2, 0) is 19.9 Å². The second-order valence-electron chi connectivity index (χ2n) is 9.62. The van der Waals surface area contributed by atoms with Gasteiger partial charge in [0.05, 0.1) is 11.4 Å². The van der Waals surface area contributed by atoms with E-state index >= 15 is 0 Å².